The first-order valence-corrected chi connectivity index (χ1v) is 5.82. The fourth-order valence-corrected chi connectivity index (χ4v) is 1.31. The molecule has 0 fully saturated rings. The summed E-state index contributed by atoms with van der Waals surface area (Å²) < 4.78 is 4.58. The molecule has 0 aliphatic rings. The normalized spacial score (nSPS) is 9.06. The molecule has 2 aromatic rings. The summed E-state index contributed by atoms with van der Waals surface area (Å²) in [7, 11) is 0. The molecular weight excluding hydrogens is 224 g/mol. The third kappa shape index (κ3) is 5.30. The van der Waals surface area contributed by atoms with Crippen LogP contribution in [-0.2, 0) is 4.79 Å². The van der Waals surface area contributed by atoms with Crippen LogP contribution < -0.4 is 4.74 Å². The molecule has 0 unspecified atom stereocenters. The van der Waals surface area contributed by atoms with Crippen LogP contribution >= 0.6 is 0 Å². The Morgan fingerprint density at radius 3 is 1.39 bits per heavy atom. The first kappa shape index (κ1) is 14.0. The number of ether oxygens (including phenoxy) is 1. The van der Waals surface area contributed by atoms with E-state index in [1.165, 1.54) is 11.1 Å². The lowest BCUT2D eigenvalue weighted by Crippen LogP contribution is -1.87. The van der Waals surface area contributed by atoms with Crippen molar-refractivity contribution in [2.24, 2.45) is 0 Å². The topological polar surface area (TPSA) is 26.3 Å². The van der Waals surface area contributed by atoms with Crippen LogP contribution in [0, 0.1) is 20.8 Å². The van der Waals surface area contributed by atoms with Gasteiger partial charge in [-0.25, -0.2) is 0 Å². The van der Waals surface area contributed by atoms with Gasteiger partial charge < -0.3 is 4.74 Å². The highest BCUT2D eigenvalue weighted by molar-refractivity contribution is 5.45. The van der Waals surface area contributed by atoms with Crippen molar-refractivity contribution in [2.45, 2.75) is 20.8 Å². The maximum Gasteiger partial charge on any atom is 0.298 e. The molecule has 0 N–H and O–H groups in total. The predicted molar refractivity (Wildman–Crippen MR) is 73.8 cm³/mol. The van der Waals surface area contributed by atoms with E-state index in [0.717, 1.165) is 5.56 Å². The van der Waals surface area contributed by atoms with E-state index in [-0.39, 0.29) is 0 Å². The maximum atomic E-state index is 9.84. The first-order valence-electron chi connectivity index (χ1n) is 5.82. The van der Waals surface area contributed by atoms with Crippen molar-refractivity contribution in [1.29, 1.82) is 0 Å². The molecule has 0 aromatic heterocycles. The molecule has 2 nitrogen and oxygen atoms in total. The smallest absolute Gasteiger partial charge is 0.298 e. The summed E-state index contributed by atoms with van der Waals surface area (Å²) in [5, 5.41) is 0. The summed E-state index contributed by atoms with van der Waals surface area (Å²) in [6, 6.07) is 15.8. The van der Waals surface area contributed by atoms with Gasteiger partial charge in [-0.05, 0) is 32.9 Å². The van der Waals surface area contributed by atoms with E-state index in [1.54, 1.807) is 12.1 Å². The van der Waals surface area contributed by atoms with Crippen LogP contribution in [-0.4, -0.2) is 6.47 Å². The van der Waals surface area contributed by atoms with E-state index in [4.69, 9.17) is 0 Å². The lowest BCUT2D eigenvalue weighted by Gasteiger charge is -1.95. The molecule has 0 spiro atoms. The lowest BCUT2D eigenvalue weighted by atomic mass is 10.2. The van der Waals surface area contributed by atoms with Crippen molar-refractivity contribution >= 4 is 6.47 Å². The van der Waals surface area contributed by atoms with Crippen LogP contribution in [0.3, 0.4) is 0 Å². The molecule has 0 heterocycles. The molecule has 0 bridgehead atoms. The van der Waals surface area contributed by atoms with E-state index in [0.29, 0.717) is 12.2 Å². The second kappa shape index (κ2) is 7.28. The number of hydrogen-bond donors (Lipinski definition) is 0. The van der Waals surface area contributed by atoms with Crippen LogP contribution in [0.15, 0.2) is 48.5 Å². The minimum absolute atomic E-state index is 0.421. The van der Waals surface area contributed by atoms with Gasteiger partial charge >= 0.3 is 0 Å². The minimum Gasteiger partial charge on any atom is -0.429 e. The second-order valence-corrected chi connectivity index (χ2v) is 4.18. The molecule has 0 saturated heterocycles. The summed E-state index contributed by atoms with van der Waals surface area (Å²) in [4.78, 5) is 9.84. The highest BCUT2D eigenvalue weighted by Crippen LogP contribution is 2.09. The quantitative estimate of drug-likeness (QED) is 0.748. The van der Waals surface area contributed by atoms with Crippen molar-refractivity contribution < 1.29 is 9.53 Å². The van der Waals surface area contributed by atoms with E-state index < -0.39 is 0 Å². The molecule has 2 rings (SSSR count). The minimum atomic E-state index is 0.421. The Morgan fingerprint density at radius 2 is 1.06 bits per heavy atom. The van der Waals surface area contributed by atoms with Crippen LogP contribution in [0.4, 0.5) is 0 Å². The molecule has 0 amide bonds. The van der Waals surface area contributed by atoms with Crippen LogP contribution in [0.25, 0.3) is 0 Å². The monoisotopic (exact) mass is 242 g/mol. The second-order valence-electron chi connectivity index (χ2n) is 4.18. The van der Waals surface area contributed by atoms with Gasteiger partial charge in [-0.1, -0.05) is 53.1 Å². The van der Waals surface area contributed by atoms with Crippen molar-refractivity contribution in [3.63, 3.8) is 0 Å². The zero-order valence-electron chi connectivity index (χ0n) is 11.0. The predicted octanol–water partition coefficient (Wildman–Crippen LogP) is 3.83. The molecule has 0 atom stereocenters. The van der Waals surface area contributed by atoms with E-state index in [1.807, 2.05) is 19.1 Å². The SMILES string of the molecule is Cc1ccc(C)cc1.Cc1ccc(OC=O)cc1. The fraction of sp³-hybridized carbons (Fsp3) is 0.188. The van der Waals surface area contributed by atoms with Gasteiger partial charge in [-0.15, -0.1) is 0 Å². The molecule has 0 saturated carbocycles. The van der Waals surface area contributed by atoms with Gasteiger partial charge in [0.2, 0.25) is 0 Å². The standard InChI is InChI=1S/C8H8O2.C8H10/c1-7-2-4-8(5-3-7)10-6-9;1-7-3-5-8(2)6-4-7/h2-6H,1H3;3-6H,1-2H3. The molecule has 0 aliphatic heterocycles. The Balaban J connectivity index is 0.000000184. The van der Waals surface area contributed by atoms with Gasteiger partial charge in [0, 0.05) is 0 Å². The zero-order valence-corrected chi connectivity index (χ0v) is 11.0. The van der Waals surface area contributed by atoms with E-state index in [9.17, 15) is 4.79 Å². The lowest BCUT2D eigenvalue weighted by molar-refractivity contribution is -0.120. The number of aryl methyl sites for hydroxylation is 3. The van der Waals surface area contributed by atoms with Crippen molar-refractivity contribution in [3.8, 4) is 5.75 Å². The van der Waals surface area contributed by atoms with Crippen molar-refractivity contribution in [2.75, 3.05) is 0 Å². The number of hydrogen-bond acceptors (Lipinski definition) is 2. The molecule has 2 heteroatoms. The van der Waals surface area contributed by atoms with E-state index in [2.05, 4.69) is 42.8 Å². The molecule has 0 aliphatic carbocycles. The molecule has 0 radical (unpaired) electrons. The summed E-state index contributed by atoms with van der Waals surface area (Å²) in [6.07, 6.45) is 0. The Hall–Kier alpha value is -2.09. The third-order valence-corrected chi connectivity index (χ3v) is 2.42. The summed E-state index contributed by atoms with van der Waals surface area (Å²) in [6.45, 7) is 6.59. The largest absolute Gasteiger partial charge is 0.429 e. The summed E-state index contributed by atoms with van der Waals surface area (Å²) in [5.74, 6) is 0.584. The maximum absolute atomic E-state index is 9.84. The molecule has 2 aromatic carbocycles. The summed E-state index contributed by atoms with van der Waals surface area (Å²) >= 11 is 0. The Labute approximate surface area is 108 Å². The highest BCUT2D eigenvalue weighted by Gasteiger charge is 1.88. The zero-order chi connectivity index (χ0) is 13.4. The Bertz CT molecular complexity index is 448. The summed E-state index contributed by atoms with van der Waals surface area (Å²) in [5.41, 5.74) is 3.81. The van der Waals surface area contributed by atoms with Crippen LogP contribution in [0.1, 0.15) is 16.7 Å². The van der Waals surface area contributed by atoms with Crippen LogP contribution in [0.2, 0.25) is 0 Å². The molecule has 18 heavy (non-hydrogen) atoms. The fourth-order valence-electron chi connectivity index (χ4n) is 1.31. The molecular formula is C16H18O2. The first-order chi connectivity index (χ1) is 8.61. The number of benzene rings is 2. The van der Waals surface area contributed by atoms with Gasteiger partial charge in [-0.2, -0.15) is 0 Å². The van der Waals surface area contributed by atoms with Gasteiger partial charge in [0.15, 0.2) is 0 Å². The number of carbonyl (C=O) groups excluding carboxylic acids is 1. The Morgan fingerprint density at radius 1 is 0.722 bits per heavy atom. The Kier molecular flexibility index (Phi) is 5.65. The van der Waals surface area contributed by atoms with E-state index >= 15 is 0 Å². The number of carbonyl (C=O) groups is 1. The highest BCUT2D eigenvalue weighted by atomic mass is 16.5. The van der Waals surface area contributed by atoms with Gasteiger partial charge in [-0.3, -0.25) is 4.79 Å². The van der Waals surface area contributed by atoms with Gasteiger partial charge in [0.05, 0.1) is 0 Å². The van der Waals surface area contributed by atoms with Crippen LogP contribution in [0.5, 0.6) is 5.75 Å². The van der Waals surface area contributed by atoms with Crippen molar-refractivity contribution in [3.05, 3.63) is 65.2 Å². The third-order valence-electron chi connectivity index (χ3n) is 2.42. The van der Waals surface area contributed by atoms with Gasteiger partial charge in [0.1, 0.15) is 5.75 Å². The number of rotatable bonds is 2. The average molecular weight is 242 g/mol. The van der Waals surface area contributed by atoms with Gasteiger partial charge in [0.25, 0.3) is 6.47 Å². The average Bonchev–Trinajstić information content (AvgIpc) is 2.37. The van der Waals surface area contributed by atoms with Crippen molar-refractivity contribution in [1.82, 2.24) is 0 Å². The molecule has 94 valence electrons.